The normalized spacial score (nSPS) is 13.8. The second-order valence-electron chi connectivity index (χ2n) is 6.53. The molecular weight excluding hydrogens is 360 g/mol. The van der Waals surface area contributed by atoms with Gasteiger partial charge in [0.2, 0.25) is 5.88 Å². The minimum Gasteiger partial charge on any atom is -0.475 e. The number of hydrogen-bond acceptors (Lipinski definition) is 6. The maximum Gasteiger partial charge on any atom is 0.218 e. The van der Waals surface area contributed by atoms with Crippen molar-refractivity contribution in [3.63, 3.8) is 0 Å². The lowest BCUT2D eigenvalue weighted by Crippen LogP contribution is -2.44. The molecule has 0 spiro atoms. The summed E-state index contributed by atoms with van der Waals surface area (Å²) < 4.78 is 12.3. The van der Waals surface area contributed by atoms with Crippen molar-refractivity contribution in [2.24, 2.45) is 12.0 Å². The summed E-state index contributed by atoms with van der Waals surface area (Å²) in [6.45, 7) is 6.02. The Hall–Kier alpha value is -2.65. The summed E-state index contributed by atoms with van der Waals surface area (Å²) in [6, 6.07) is 3.77. The van der Waals surface area contributed by atoms with E-state index in [4.69, 9.17) is 9.47 Å². The number of aliphatic imine (C=N–C) groups is 1. The number of aromatic nitrogens is 3. The van der Waals surface area contributed by atoms with E-state index < -0.39 is 5.60 Å². The summed E-state index contributed by atoms with van der Waals surface area (Å²) >= 11 is 0. The zero-order chi connectivity index (χ0) is 20.4. The monoisotopic (exact) mass is 390 g/mol. The molecule has 0 aliphatic carbocycles. The van der Waals surface area contributed by atoms with Gasteiger partial charge in [-0.2, -0.15) is 5.10 Å². The van der Waals surface area contributed by atoms with Gasteiger partial charge < -0.3 is 25.2 Å². The molecule has 2 rings (SSSR count). The van der Waals surface area contributed by atoms with Crippen LogP contribution in [0.1, 0.15) is 25.0 Å². The number of nitrogens with one attached hydrogen (secondary N) is 2. The highest BCUT2D eigenvalue weighted by molar-refractivity contribution is 5.79. The Morgan fingerprint density at radius 3 is 2.86 bits per heavy atom. The Bertz CT molecular complexity index is 760. The van der Waals surface area contributed by atoms with Crippen LogP contribution in [0, 0.1) is 0 Å². The molecule has 28 heavy (non-hydrogen) atoms. The largest absolute Gasteiger partial charge is 0.475 e. The van der Waals surface area contributed by atoms with Crippen molar-refractivity contribution in [2.45, 2.75) is 26.0 Å². The van der Waals surface area contributed by atoms with Gasteiger partial charge in [0.25, 0.3) is 0 Å². The molecule has 9 nitrogen and oxygen atoms in total. The van der Waals surface area contributed by atoms with E-state index in [2.05, 4.69) is 25.7 Å². The van der Waals surface area contributed by atoms with Crippen LogP contribution in [0.25, 0.3) is 0 Å². The molecule has 1 unspecified atom stereocenters. The lowest BCUT2D eigenvalue weighted by Gasteiger charge is -2.23. The maximum absolute atomic E-state index is 10.7. The quantitative estimate of drug-likeness (QED) is 0.313. The van der Waals surface area contributed by atoms with Gasteiger partial charge in [0.1, 0.15) is 12.2 Å². The van der Waals surface area contributed by atoms with Crippen molar-refractivity contribution >= 4 is 5.96 Å². The summed E-state index contributed by atoms with van der Waals surface area (Å²) in [7, 11) is 3.44. The molecule has 0 radical (unpaired) electrons. The fraction of sp³-hybridized carbons (Fsp3) is 0.526. The van der Waals surface area contributed by atoms with E-state index in [0.717, 1.165) is 11.1 Å². The lowest BCUT2D eigenvalue weighted by molar-refractivity contribution is 0.0616. The van der Waals surface area contributed by atoms with Crippen LogP contribution in [0.3, 0.4) is 0 Å². The van der Waals surface area contributed by atoms with Gasteiger partial charge in [0.15, 0.2) is 5.96 Å². The van der Waals surface area contributed by atoms with Crippen LogP contribution in [-0.2, 0) is 23.9 Å². The van der Waals surface area contributed by atoms with Gasteiger partial charge in [-0.05, 0) is 19.9 Å². The highest BCUT2D eigenvalue weighted by Gasteiger charge is 2.25. The van der Waals surface area contributed by atoms with E-state index in [9.17, 15) is 5.11 Å². The van der Waals surface area contributed by atoms with Gasteiger partial charge in [-0.15, -0.1) is 0 Å². The van der Waals surface area contributed by atoms with Gasteiger partial charge >= 0.3 is 0 Å². The topological polar surface area (TPSA) is 106 Å². The zero-order valence-corrected chi connectivity index (χ0v) is 17.0. The molecule has 0 saturated heterocycles. The Kier molecular flexibility index (Phi) is 8.21. The second kappa shape index (κ2) is 10.6. The first-order chi connectivity index (χ1) is 13.5. The van der Waals surface area contributed by atoms with Crippen LogP contribution in [0.15, 0.2) is 35.7 Å². The van der Waals surface area contributed by atoms with Gasteiger partial charge in [-0.1, -0.05) is 6.07 Å². The number of methoxy groups -OCH3 is 1. The molecule has 0 amide bonds. The highest BCUT2D eigenvalue weighted by atomic mass is 16.5. The Balaban J connectivity index is 2.02. The van der Waals surface area contributed by atoms with E-state index in [-0.39, 0.29) is 6.54 Å². The molecule has 9 heteroatoms. The zero-order valence-electron chi connectivity index (χ0n) is 17.0. The van der Waals surface area contributed by atoms with E-state index in [1.165, 1.54) is 0 Å². The molecule has 0 aliphatic rings. The average Bonchev–Trinajstić information content (AvgIpc) is 3.12. The van der Waals surface area contributed by atoms with Gasteiger partial charge in [0.05, 0.1) is 25.9 Å². The molecule has 0 aliphatic heterocycles. The molecule has 2 heterocycles. The van der Waals surface area contributed by atoms with Gasteiger partial charge in [0, 0.05) is 44.2 Å². The number of ether oxygens (including phenoxy) is 2. The Morgan fingerprint density at radius 1 is 1.36 bits per heavy atom. The molecule has 154 valence electrons. The number of aryl methyl sites for hydroxylation is 1. The Morgan fingerprint density at radius 2 is 2.18 bits per heavy atom. The fourth-order valence-electron chi connectivity index (χ4n) is 2.46. The molecular formula is C19H30N6O3. The third-order valence-corrected chi connectivity index (χ3v) is 4.05. The van der Waals surface area contributed by atoms with Crippen LogP contribution in [0.5, 0.6) is 5.88 Å². The van der Waals surface area contributed by atoms with Gasteiger partial charge in [-0.3, -0.25) is 4.68 Å². The predicted octanol–water partition coefficient (Wildman–Crippen LogP) is 0.803. The molecule has 0 fully saturated rings. The molecule has 3 N–H and O–H groups in total. The van der Waals surface area contributed by atoms with Crippen LogP contribution in [0.2, 0.25) is 0 Å². The first-order valence-electron chi connectivity index (χ1n) is 9.25. The van der Waals surface area contributed by atoms with E-state index in [0.29, 0.717) is 38.1 Å². The van der Waals surface area contributed by atoms with Crippen LogP contribution >= 0.6 is 0 Å². The fourth-order valence-corrected chi connectivity index (χ4v) is 2.46. The van der Waals surface area contributed by atoms with Crippen molar-refractivity contribution in [2.75, 3.05) is 33.4 Å². The first-order valence-corrected chi connectivity index (χ1v) is 9.25. The van der Waals surface area contributed by atoms with E-state index >= 15 is 0 Å². The number of aliphatic hydroxyl groups is 1. The third kappa shape index (κ3) is 6.50. The van der Waals surface area contributed by atoms with E-state index in [1.54, 1.807) is 37.3 Å². The highest BCUT2D eigenvalue weighted by Crippen LogP contribution is 2.18. The SMILES string of the molecule is CCNC(=NCc1cccnc1OCCOC)NCC(C)(O)c1cnn(C)c1. The molecule has 2 aromatic heterocycles. The smallest absolute Gasteiger partial charge is 0.218 e. The van der Waals surface area contributed by atoms with Crippen molar-refractivity contribution < 1.29 is 14.6 Å². The van der Waals surface area contributed by atoms with Crippen LogP contribution in [-0.4, -0.2) is 59.2 Å². The van der Waals surface area contributed by atoms with Crippen molar-refractivity contribution in [3.05, 3.63) is 41.9 Å². The van der Waals surface area contributed by atoms with Gasteiger partial charge in [-0.25, -0.2) is 9.98 Å². The minimum absolute atomic E-state index is 0.286. The number of pyridine rings is 1. The lowest BCUT2D eigenvalue weighted by atomic mass is 10.00. The maximum atomic E-state index is 10.7. The van der Waals surface area contributed by atoms with Crippen molar-refractivity contribution in [1.82, 2.24) is 25.4 Å². The molecule has 1 atom stereocenters. The second-order valence-corrected chi connectivity index (χ2v) is 6.53. The summed E-state index contributed by atoms with van der Waals surface area (Å²) in [4.78, 5) is 8.85. The predicted molar refractivity (Wildman–Crippen MR) is 107 cm³/mol. The number of hydrogen-bond donors (Lipinski definition) is 3. The molecule has 0 bridgehead atoms. The van der Waals surface area contributed by atoms with Crippen LogP contribution in [0.4, 0.5) is 0 Å². The molecule has 2 aromatic rings. The first kappa shape index (κ1) is 21.6. The van der Waals surface area contributed by atoms with Crippen LogP contribution < -0.4 is 15.4 Å². The van der Waals surface area contributed by atoms with Crippen molar-refractivity contribution in [3.8, 4) is 5.88 Å². The Labute approximate surface area is 165 Å². The summed E-state index contributed by atoms with van der Waals surface area (Å²) in [5.41, 5.74) is 0.530. The third-order valence-electron chi connectivity index (χ3n) is 4.05. The molecule has 0 saturated carbocycles. The van der Waals surface area contributed by atoms with E-state index in [1.807, 2.05) is 26.1 Å². The average molecular weight is 390 g/mol. The summed E-state index contributed by atoms with van der Waals surface area (Å²) in [5.74, 6) is 1.14. The number of nitrogens with zero attached hydrogens (tertiary/aromatic N) is 4. The number of guanidine groups is 1. The molecule has 0 aromatic carbocycles. The number of rotatable bonds is 10. The summed E-state index contributed by atoms with van der Waals surface area (Å²) in [6.07, 6.45) is 5.14. The summed E-state index contributed by atoms with van der Waals surface area (Å²) in [5, 5.41) is 21.2. The van der Waals surface area contributed by atoms with Crippen molar-refractivity contribution in [1.29, 1.82) is 0 Å². The standard InChI is InChI=1S/C19H30N6O3/c1-5-20-18(23-14-19(2,26)16-12-24-25(3)13-16)22-11-15-7-6-8-21-17(15)28-10-9-27-4/h6-8,12-13,26H,5,9-11,14H2,1-4H3,(H2,20,22,23). The minimum atomic E-state index is -1.08.